The lowest BCUT2D eigenvalue weighted by molar-refractivity contribution is 0.403. The van der Waals surface area contributed by atoms with Crippen LogP contribution in [0.15, 0.2) is 24.5 Å². The van der Waals surface area contributed by atoms with Gasteiger partial charge in [0.25, 0.3) is 0 Å². The molecule has 0 unspecified atom stereocenters. The van der Waals surface area contributed by atoms with Crippen molar-refractivity contribution < 1.29 is 10.2 Å². The van der Waals surface area contributed by atoms with Crippen molar-refractivity contribution in [3.63, 3.8) is 0 Å². The molecule has 0 aliphatic rings. The third kappa shape index (κ3) is 3.18. The largest absolute Gasteiger partial charge is 0.504 e. The van der Waals surface area contributed by atoms with Gasteiger partial charge in [-0.15, -0.1) is 0 Å². The summed E-state index contributed by atoms with van der Waals surface area (Å²) >= 11 is 0. The van der Waals surface area contributed by atoms with E-state index >= 15 is 0 Å². The summed E-state index contributed by atoms with van der Waals surface area (Å²) in [5.74, 6) is 0.640. The Bertz CT molecular complexity index is 470. The SMILES string of the molecule is Oc1ccc(CNCCc2ncn[nH]2)cc1O. The summed E-state index contributed by atoms with van der Waals surface area (Å²) in [5, 5.41) is 28.2. The topological polar surface area (TPSA) is 94.1 Å². The Morgan fingerprint density at radius 3 is 2.82 bits per heavy atom. The fourth-order valence-corrected chi connectivity index (χ4v) is 1.47. The van der Waals surface area contributed by atoms with Crippen LogP contribution in [0.5, 0.6) is 11.5 Å². The predicted octanol–water partition coefficient (Wildman–Crippen LogP) is 0.548. The van der Waals surface area contributed by atoms with E-state index in [4.69, 9.17) is 5.11 Å². The van der Waals surface area contributed by atoms with Gasteiger partial charge >= 0.3 is 0 Å². The van der Waals surface area contributed by atoms with Crippen molar-refractivity contribution in [3.05, 3.63) is 35.9 Å². The molecule has 4 N–H and O–H groups in total. The van der Waals surface area contributed by atoms with Crippen LogP contribution in [-0.4, -0.2) is 31.9 Å². The molecule has 17 heavy (non-hydrogen) atoms. The molecule has 0 bridgehead atoms. The molecular formula is C11H14N4O2. The van der Waals surface area contributed by atoms with Crippen molar-refractivity contribution in [2.24, 2.45) is 0 Å². The molecule has 2 rings (SSSR count). The zero-order valence-corrected chi connectivity index (χ0v) is 9.22. The molecule has 0 saturated carbocycles. The monoisotopic (exact) mass is 234 g/mol. The third-order valence-corrected chi connectivity index (χ3v) is 2.37. The van der Waals surface area contributed by atoms with Crippen molar-refractivity contribution in [2.75, 3.05) is 6.54 Å². The van der Waals surface area contributed by atoms with Crippen molar-refractivity contribution >= 4 is 0 Å². The van der Waals surface area contributed by atoms with Gasteiger partial charge in [0.15, 0.2) is 11.5 Å². The van der Waals surface area contributed by atoms with Crippen LogP contribution in [0.2, 0.25) is 0 Å². The molecular weight excluding hydrogens is 220 g/mol. The first-order chi connectivity index (χ1) is 8.25. The Morgan fingerprint density at radius 2 is 2.12 bits per heavy atom. The zero-order valence-electron chi connectivity index (χ0n) is 9.22. The van der Waals surface area contributed by atoms with Crippen LogP contribution in [0, 0.1) is 0 Å². The van der Waals surface area contributed by atoms with E-state index in [2.05, 4.69) is 20.5 Å². The second-order valence-electron chi connectivity index (χ2n) is 3.68. The standard InChI is InChI=1S/C11H14N4O2/c16-9-2-1-8(5-10(9)17)6-12-4-3-11-13-7-14-15-11/h1-2,5,7,12,16-17H,3-4,6H2,(H,13,14,15). The fraction of sp³-hybridized carbons (Fsp3) is 0.273. The van der Waals surface area contributed by atoms with E-state index < -0.39 is 0 Å². The van der Waals surface area contributed by atoms with E-state index in [9.17, 15) is 5.11 Å². The molecule has 1 aromatic heterocycles. The maximum absolute atomic E-state index is 9.31. The summed E-state index contributed by atoms with van der Waals surface area (Å²) in [6.07, 6.45) is 2.25. The van der Waals surface area contributed by atoms with Gasteiger partial charge in [-0.1, -0.05) is 6.07 Å². The highest BCUT2D eigenvalue weighted by Gasteiger charge is 2.00. The Balaban J connectivity index is 1.76. The molecule has 0 fully saturated rings. The number of aromatic amines is 1. The lowest BCUT2D eigenvalue weighted by Crippen LogP contribution is -2.17. The molecule has 0 amide bonds. The highest BCUT2D eigenvalue weighted by Crippen LogP contribution is 2.24. The minimum atomic E-state index is -0.101. The molecule has 1 heterocycles. The lowest BCUT2D eigenvalue weighted by atomic mass is 10.2. The maximum atomic E-state index is 9.31. The van der Waals surface area contributed by atoms with Crippen molar-refractivity contribution in [2.45, 2.75) is 13.0 Å². The Hall–Kier alpha value is -2.08. The zero-order chi connectivity index (χ0) is 12.1. The predicted molar refractivity (Wildman–Crippen MR) is 61.6 cm³/mol. The van der Waals surface area contributed by atoms with Gasteiger partial charge in [-0.3, -0.25) is 5.10 Å². The number of phenols is 2. The van der Waals surface area contributed by atoms with E-state index in [0.29, 0.717) is 6.54 Å². The highest BCUT2D eigenvalue weighted by atomic mass is 16.3. The van der Waals surface area contributed by atoms with E-state index in [1.54, 1.807) is 6.07 Å². The van der Waals surface area contributed by atoms with Crippen LogP contribution in [-0.2, 0) is 13.0 Å². The lowest BCUT2D eigenvalue weighted by Gasteiger charge is -2.05. The first-order valence-electron chi connectivity index (χ1n) is 5.31. The normalized spacial score (nSPS) is 10.6. The molecule has 0 aliphatic heterocycles. The van der Waals surface area contributed by atoms with Gasteiger partial charge < -0.3 is 15.5 Å². The minimum absolute atomic E-state index is 0.0977. The maximum Gasteiger partial charge on any atom is 0.157 e. The average molecular weight is 234 g/mol. The molecule has 0 radical (unpaired) electrons. The number of nitrogens with zero attached hydrogens (tertiary/aromatic N) is 2. The first kappa shape index (κ1) is 11.4. The number of aromatic hydroxyl groups is 2. The number of H-pyrrole nitrogens is 1. The molecule has 6 nitrogen and oxygen atoms in total. The smallest absolute Gasteiger partial charge is 0.157 e. The summed E-state index contributed by atoms with van der Waals surface area (Å²) in [6, 6.07) is 4.77. The average Bonchev–Trinajstić information content (AvgIpc) is 2.82. The van der Waals surface area contributed by atoms with Crippen molar-refractivity contribution in [3.8, 4) is 11.5 Å². The van der Waals surface area contributed by atoms with Crippen LogP contribution < -0.4 is 5.32 Å². The van der Waals surface area contributed by atoms with Gasteiger partial charge in [0.1, 0.15) is 12.2 Å². The summed E-state index contributed by atoms with van der Waals surface area (Å²) in [6.45, 7) is 1.39. The van der Waals surface area contributed by atoms with E-state index in [1.165, 1.54) is 18.5 Å². The van der Waals surface area contributed by atoms with Gasteiger partial charge in [-0.25, -0.2) is 4.98 Å². The number of phenolic OH excluding ortho intramolecular Hbond substituents is 2. The van der Waals surface area contributed by atoms with Gasteiger partial charge in [-0.05, 0) is 17.7 Å². The quantitative estimate of drug-likeness (QED) is 0.447. The minimum Gasteiger partial charge on any atom is -0.504 e. The van der Waals surface area contributed by atoms with E-state index in [1.807, 2.05) is 0 Å². The summed E-state index contributed by atoms with van der Waals surface area (Å²) in [7, 11) is 0. The second kappa shape index (κ2) is 5.31. The van der Waals surface area contributed by atoms with Crippen LogP contribution >= 0.6 is 0 Å². The molecule has 0 atom stereocenters. The van der Waals surface area contributed by atoms with E-state index in [-0.39, 0.29) is 11.5 Å². The number of hydrogen-bond acceptors (Lipinski definition) is 5. The fourth-order valence-electron chi connectivity index (χ4n) is 1.47. The first-order valence-corrected chi connectivity index (χ1v) is 5.31. The Morgan fingerprint density at radius 1 is 1.24 bits per heavy atom. The molecule has 2 aromatic rings. The third-order valence-electron chi connectivity index (χ3n) is 2.37. The molecule has 6 heteroatoms. The van der Waals surface area contributed by atoms with Crippen LogP contribution in [0.4, 0.5) is 0 Å². The number of nitrogens with one attached hydrogen (secondary N) is 2. The number of aromatic nitrogens is 3. The number of hydrogen-bond donors (Lipinski definition) is 4. The molecule has 90 valence electrons. The highest BCUT2D eigenvalue weighted by molar-refractivity contribution is 5.40. The molecule has 0 spiro atoms. The van der Waals surface area contributed by atoms with Gasteiger partial charge in [0, 0.05) is 19.5 Å². The summed E-state index contributed by atoms with van der Waals surface area (Å²) < 4.78 is 0. The van der Waals surface area contributed by atoms with Gasteiger partial charge in [0.2, 0.25) is 0 Å². The Labute approximate surface area is 98.3 Å². The number of rotatable bonds is 5. The molecule has 1 aromatic carbocycles. The number of benzene rings is 1. The van der Waals surface area contributed by atoms with Crippen LogP contribution in [0.25, 0.3) is 0 Å². The molecule has 0 saturated heterocycles. The van der Waals surface area contributed by atoms with Gasteiger partial charge in [0.05, 0.1) is 0 Å². The van der Waals surface area contributed by atoms with Crippen LogP contribution in [0.3, 0.4) is 0 Å². The summed E-state index contributed by atoms with van der Waals surface area (Å²) in [5.41, 5.74) is 0.915. The Kier molecular flexibility index (Phi) is 3.56. The van der Waals surface area contributed by atoms with Crippen molar-refractivity contribution in [1.82, 2.24) is 20.5 Å². The van der Waals surface area contributed by atoms with Crippen molar-refractivity contribution in [1.29, 1.82) is 0 Å². The second-order valence-corrected chi connectivity index (χ2v) is 3.68. The molecule has 0 aliphatic carbocycles. The summed E-state index contributed by atoms with van der Waals surface area (Å²) in [4.78, 5) is 4.01. The van der Waals surface area contributed by atoms with Crippen LogP contribution in [0.1, 0.15) is 11.4 Å². The van der Waals surface area contributed by atoms with E-state index in [0.717, 1.165) is 24.4 Å². The van der Waals surface area contributed by atoms with Gasteiger partial charge in [-0.2, -0.15) is 5.10 Å².